The Labute approximate surface area is 86.5 Å². The molecule has 0 radical (unpaired) electrons. The smallest absolute Gasteiger partial charge is 0.0299 e. The standard InChI is InChI=1S/C13H19N/c1-9-5-4-6-10(2)13(9)11(3)14-12-7-8-12/h4-6,11-12,14H,7-8H2,1-3H3. The average molecular weight is 189 g/mol. The normalized spacial score (nSPS) is 18.2. The third-order valence-corrected chi connectivity index (χ3v) is 3.04. The summed E-state index contributed by atoms with van der Waals surface area (Å²) in [5.41, 5.74) is 4.30. The second kappa shape index (κ2) is 3.74. The second-order valence-electron chi connectivity index (χ2n) is 4.47. The molecule has 1 aromatic carbocycles. The summed E-state index contributed by atoms with van der Waals surface area (Å²) in [6.45, 7) is 6.68. The van der Waals surface area contributed by atoms with E-state index in [4.69, 9.17) is 0 Å². The topological polar surface area (TPSA) is 12.0 Å². The first-order valence-electron chi connectivity index (χ1n) is 5.50. The molecule has 1 N–H and O–H groups in total. The van der Waals surface area contributed by atoms with Gasteiger partial charge in [-0.2, -0.15) is 0 Å². The predicted octanol–water partition coefficient (Wildman–Crippen LogP) is 3.12. The summed E-state index contributed by atoms with van der Waals surface area (Å²) >= 11 is 0. The summed E-state index contributed by atoms with van der Waals surface area (Å²) in [7, 11) is 0. The maximum atomic E-state index is 3.65. The maximum absolute atomic E-state index is 3.65. The molecule has 0 aromatic heterocycles. The van der Waals surface area contributed by atoms with Crippen molar-refractivity contribution >= 4 is 0 Å². The molecule has 0 aliphatic heterocycles. The summed E-state index contributed by atoms with van der Waals surface area (Å²) < 4.78 is 0. The lowest BCUT2D eigenvalue weighted by Gasteiger charge is -2.18. The molecule has 1 aromatic rings. The minimum atomic E-state index is 0.503. The van der Waals surface area contributed by atoms with Crippen molar-refractivity contribution in [3.05, 3.63) is 34.9 Å². The van der Waals surface area contributed by atoms with E-state index in [9.17, 15) is 0 Å². The van der Waals surface area contributed by atoms with Crippen LogP contribution in [0.1, 0.15) is 42.5 Å². The molecule has 0 spiro atoms. The van der Waals surface area contributed by atoms with Crippen LogP contribution >= 0.6 is 0 Å². The third kappa shape index (κ3) is 1.98. The van der Waals surface area contributed by atoms with Gasteiger partial charge in [0.1, 0.15) is 0 Å². The van der Waals surface area contributed by atoms with Gasteiger partial charge in [0, 0.05) is 12.1 Å². The van der Waals surface area contributed by atoms with Crippen LogP contribution in [0.15, 0.2) is 18.2 Å². The first-order chi connectivity index (χ1) is 6.68. The van der Waals surface area contributed by atoms with E-state index in [1.165, 1.54) is 29.5 Å². The Balaban J connectivity index is 2.19. The number of hydrogen-bond donors (Lipinski definition) is 1. The second-order valence-corrected chi connectivity index (χ2v) is 4.47. The highest BCUT2D eigenvalue weighted by molar-refractivity contribution is 5.35. The van der Waals surface area contributed by atoms with Crippen molar-refractivity contribution in [2.45, 2.75) is 45.7 Å². The molecule has 1 saturated carbocycles. The summed E-state index contributed by atoms with van der Waals surface area (Å²) in [6, 6.07) is 7.83. The van der Waals surface area contributed by atoms with Gasteiger partial charge in [-0.1, -0.05) is 18.2 Å². The van der Waals surface area contributed by atoms with Crippen molar-refractivity contribution in [1.29, 1.82) is 0 Å². The minimum Gasteiger partial charge on any atom is -0.307 e. The molecule has 1 heteroatoms. The van der Waals surface area contributed by atoms with Crippen LogP contribution in [0.5, 0.6) is 0 Å². The van der Waals surface area contributed by atoms with E-state index < -0.39 is 0 Å². The summed E-state index contributed by atoms with van der Waals surface area (Å²) in [6.07, 6.45) is 2.71. The van der Waals surface area contributed by atoms with Crippen molar-refractivity contribution in [3.63, 3.8) is 0 Å². The Bertz CT molecular complexity index is 306. The van der Waals surface area contributed by atoms with Gasteiger partial charge in [-0.05, 0) is 50.3 Å². The number of benzene rings is 1. The van der Waals surface area contributed by atoms with Crippen LogP contribution in [-0.4, -0.2) is 6.04 Å². The highest BCUT2D eigenvalue weighted by Gasteiger charge is 2.24. The van der Waals surface area contributed by atoms with Crippen molar-refractivity contribution in [3.8, 4) is 0 Å². The fourth-order valence-electron chi connectivity index (χ4n) is 2.20. The summed E-state index contributed by atoms with van der Waals surface area (Å²) in [4.78, 5) is 0. The number of aryl methyl sites for hydroxylation is 2. The fourth-order valence-corrected chi connectivity index (χ4v) is 2.20. The van der Waals surface area contributed by atoms with E-state index >= 15 is 0 Å². The van der Waals surface area contributed by atoms with Crippen LogP contribution in [0.2, 0.25) is 0 Å². The van der Waals surface area contributed by atoms with Crippen LogP contribution in [0.25, 0.3) is 0 Å². The van der Waals surface area contributed by atoms with Gasteiger partial charge in [-0.15, -0.1) is 0 Å². The molecule has 76 valence electrons. The molecular weight excluding hydrogens is 170 g/mol. The Morgan fingerprint density at radius 2 is 1.79 bits per heavy atom. The number of hydrogen-bond acceptors (Lipinski definition) is 1. The monoisotopic (exact) mass is 189 g/mol. The van der Waals surface area contributed by atoms with Crippen LogP contribution in [-0.2, 0) is 0 Å². The third-order valence-electron chi connectivity index (χ3n) is 3.04. The van der Waals surface area contributed by atoms with Crippen molar-refractivity contribution in [2.75, 3.05) is 0 Å². The van der Waals surface area contributed by atoms with Gasteiger partial charge in [0.25, 0.3) is 0 Å². The fraction of sp³-hybridized carbons (Fsp3) is 0.538. The van der Waals surface area contributed by atoms with Gasteiger partial charge >= 0.3 is 0 Å². The molecule has 1 fully saturated rings. The molecule has 1 aliphatic carbocycles. The lowest BCUT2D eigenvalue weighted by atomic mass is 9.97. The largest absolute Gasteiger partial charge is 0.307 e. The molecule has 1 nitrogen and oxygen atoms in total. The Kier molecular flexibility index (Phi) is 2.60. The number of nitrogens with one attached hydrogen (secondary N) is 1. The first-order valence-corrected chi connectivity index (χ1v) is 5.50. The molecule has 2 rings (SSSR count). The van der Waals surface area contributed by atoms with E-state index in [2.05, 4.69) is 44.3 Å². The van der Waals surface area contributed by atoms with Gasteiger partial charge in [0.05, 0.1) is 0 Å². The predicted molar refractivity (Wildman–Crippen MR) is 60.5 cm³/mol. The Morgan fingerprint density at radius 3 is 2.29 bits per heavy atom. The van der Waals surface area contributed by atoms with Crippen molar-refractivity contribution in [1.82, 2.24) is 5.32 Å². The van der Waals surface area contributed by atoms with Gasteiger partial charge in [0.15, 0.2) is 0 Å². The van der Waals surface area contributed by atoms with Gasteiger partial charge in [-0.25, -0.2) is 0 Å². The zero-order chi connectivity index (χ0) is 10.1. The van der Waals surface area contributed by atoms with E-state index in [0.717, 1.165) is 6.04 Å². The van der Waals surface area contributed by atoms with Crippen molar-refractivity contribution < 1.29 is 0 Å². The average Bonchev–Trinajstić information content (AvgIpc) is 2.87. The zero-order valence-electron chi connectivity index (χ0n) is 9.30. The van der Waals surface area contributed by atoms with Crippen LogP contribution < -0.4 is 5.32 Å². The molecule has 0 bridgehead atoms. The minimum absolute atomic E-state index is 0.503. The SMILES string of the molecule is Cc1cccc(C)c1C(C)NC1CC1. The molecule has 0 heterocycles. The van der Waals surface area contributed by atoms with E-state index in [0.29, 0.717) is 6.04 Å². The lowest BCUT2D eigenvalue weighted by molar-refractivity contribution is 0.566. The lowest BCUT2D eigenvalue weighted by Crippen LogP contribution is -2.22. The summed E-state index contributed by atoms with van der Waals surface area (Å²) in [5.74, 6) is 0. The molecular formula is C13H19N. The molecule has 1 atom stereocenters. The molecule has 14 heavy (non-hydrogen) atoms. The van der Waals surface area contributed by atoms with Crippen LogP contribution in [0.4, 0.5) is 0 Å². The molecule has 0 amide bonds. The van der Waals surface area contributed by atoms with E-state index in [-0.39, 0.29) is 0 Å². The van der Waals surface area contributed by atoms with E-state index in [1.54, 1.807) is 0 Å². The molecule has 1 unspecified atom stereocenters. The van der Waals surface area contributed by atoms with Crippen molar-refractivity contribution in [2.24, 2.45) is 0 Å². The Hall–Kier alpha value is -0.820. The molecule has 0 saturated heterocycles. The van der Waals surface area contributed by atoms with Gasteiger partial charge in [0.2, 0.25) is 0 Å². The molecule has 1 aliphatic rings. The first kappa shape index (κ1) is 9.72. The highest BCUT2D eigenvalue weighted by Crippen LogP contribution is 2.27. The van der Waals surface area contributed by atoms with Crippen LogP contribution in [0.3, 0.4) is 0 Å². The Morgan fingerprint density at radius 1 is 1.21 bits per heavy atom. The zero-order valence-corrected chi connectivity index (χ0v) is 9.30. The van der Waals surface area contributed by atoms with E-state index in [1.807, 2.05) is 0 Å². The maximum Gasteiger partial charge on any atom is 0.0299 e. The van der Waals surface area contributed by atoms with Gasteiger partial charge < -0.3 is 5.32 Å². The quantitative estimate of drug-likeness (QED) is 0.770. The van der Waals surface area contributed by atoms with Crippen LogP contribution in [0, 0.1) is 13.8 Å². The van der Waals surface area contributed by atoms with Gasteiger partial charge in [-0.3, -0.25) is 0 Å². The highest BCUT2D eigenvalue weighted by atomic mass is 15.0. The number of rotatable bonds is 3. The summed E-state index contributed by atoms with van der Waals surface area (Å²) in [5, 5.41) is 3.65.